The summed E-state index contributed by atoms with van der Waals surface area (Å²) in [4.78, 5) is 19.7. The van der Waals surface area contributed by atoms with Crippen LogP contribution in [0.1, 0.15) is 26.9 Å². The maximum Gasteiger partial charge on any atom is 0.185 e. The van der Waals surface area contributed by atoms with Crippen LogP contribution in [0.15, 0.2) is 39.4 Å². The van der Waals surface area contributed by atoms with Crippen LogP contribution in [0.2, 0.25) is 0 Å². The molecule has 0 atom stereocenters. The number of aliphatic hydroxyl groups is 1. The van der Waals surface area contributed by atoms with Crippen LogP contribution in [0.3, 0.4) is 0 Å². The Balaban J connectivity index is 0.000000165. The molecule has 0 aliphatic rings. The Morgan fingerprint density at radius 2 is 1.88 bits per heavy atom. The Hall–Kier alpha value is -2.14. The molecule has 0 aromatic carbocycles. The molecular formula is C11H10O5. The molecule has 2 aromatic rings. The summed E-state index contributed by atoms with van der Waals surface area (Å²) in [6, 6.07) is 6.35. The average Bonchev–Trinajstić information content (AvgIpc) is 3.00. The molecule has 0 radical (unpaired) electrons. The molecular weight excluding hydrogens is 212 g/mol. The van der Waals surface area contributed by atoms with Gasteiger partial charge in [0.05, 0.1) is 6.26 Å². The first-order chi connectivity index (χ1) is 7.80. The van der Waals surface area contributed by atoms with Crippen molar-refractivity contribution in [1.29, 1.82) is 0 Å². The molecule has 5 nitrogen and oxygen atoms in total. The molecule has 1 N–H and O–H groups in total. The molecule has 5 heteroatoms. The molecule has 0 bridgehead atoms. The van der Waals surface area contributed by atoms with Gasteiger partial charge in [0.1, 0.15) is 12.4 Å². The minimum absolute atomic E-state index is 0.159. The summed E-state index contributed by atoms with van der Waals surface area (Å²) in [6.45, 7) is -0.159. The molecule has 84 valence electrons. The Morgan fingerprint density at radius 1 is 1.12 bits per heavy atom. The van der Waals surface area contributed by atoms with Crippen LogP contribution in [0.4, 0.5) is 0 Å². The molecule has 0 aliphatic heterocycles. The normalized spacial score (nSPS) is 9.06. The largest absolute Gasteiger partial charge is 0.462 e. The molecule has 0 aliphatic carbocycles. The topological polar surface area (TPSA) is 80.6 Å². The van der Waals surface area contributed by atoms with Gasteiger partial charge in [-0.25, -0.2) is 0 Å². The van der Waals surface area contributed by atoms with Gasteiger partial charge in [-0.05, 0) is 24.3 Å². The van der Waals surface area contributed by atoms with E-state index < -0.39 is 0 Å². The van der Waals surface area contributed by atoms with Gasteiger partial charge >= 0.3 is 0 Å². The SMILES string of the molecule is O=Cc1ccc(CO)o1.O=Cc1ccco1. The maximum absolute atomic E-state index is 9.96. The van der Waals surface area contributed by atoms with E-state index in [1.54, 1.807) is 18.2 Å². The van der Waals surface area contributed by atoms with E-state index in [0.717, 1.165) is 0 Å². The first kappa shape index (κ1) is 11.9. The fourth-order valence-corrected chi connectivity index (χ4v) is 0.901. The summed E-state index contributed by atoms with van der Waals surface area (Å²) in [5.41, 5.74) is 0. The third-order valence-corrected chi connectivity index (χ3v) is 1.61. The van der Waals surface area contributed by atoms with E-state index >= 15 is 0 Å². The van der Waals surface area contributed by atoms with Gasteiger partial charge in [-0.2, -0.15) is 0 Å². The van der Waals surface area contributed by atoms with E-state index in [2.05, 4.69) is 4.42 Å². The number of hydrogen-bond acceptors (Lipinski definition) is 5. The highest BCUT2D eigenvalue weighted by molar-refractivity contribution is 5.70. The summed E-state index contributed by atoms with van der Waals surface area (Å²) < 4.78 is 9.38. The van der Waals surface area contributed by atoms with Crippen LogP contribution in [-0.4, -0.2) is 17.7 Å². The lowest BCUT2D eigenvalue weighted by molar-refractivity contribution is 0.109. The summed E-state index contributed by atoms with van der Waals surface area (Å²) in [5, 5.41) is 8.44. The number of aldehydes is 2. The van der Waals surface area contributed by atoms with Crippen LogP contribution in [0.25, 0.3) is 0 Å². The van der Waals surface area contributed by atoms with Crippen molar-refractivity contribution in [3.63, 3.8) is 0 Å². The van der Waals surface area contributed by atoms with E-state index in [0.29, 0.717) is 24.1 Å². The Labute approximate surface area is 91.3 Å². The third kappa shape index (κ3) is 3.55. The smallest absolute Gasteiger partial charge is 0.185 e. The van der Waals surface area contributed by atoms with Crippen LogP contribution in [-0.2, 0) is 6.61 Å². The van der Waals surface area contributed by atoms with Gasteiger partial charge in [0.25, 0.3) is 0 Å². The first-order valence-corrected chi connectivity index (χ1v) is 4.43. The molecule has 0 fully saturated rings. The number of carbonyl (C=O) groups is 2. The zero-order chi connectivity index (χ0) is 11.8. The number of rotatable bonds is 3. The number of hydrogen-bond donors (Lipinski definition) is 1. The van der Waals surface area contributed by atoms with Gasteiger partial charge in [-0.3, -0.25) is 9.59 Å². The third-order valence-electron chi connectivity index (χ3n) is 1.61. The second kappa shape index (κ2) is 6.36. The highest BCUT2D eigenvalue weighted by Gasteiger charge is 1.96. The summed E-state index contributed by atoms with van der Waals surface area (Å²) in [7, 11) is 0. The highest BCUT2D eigenvalue weighted by Crippen LogP contribution is 2.03. The molecule has 2 aromatic heterocycles. The van der Waals surface area contributed by atoms with Crippen molar-refractivity contribution < 1.29 is 23.5 Å². The van der Waals surface area contributed by atoms with Crippen molar-refractivity contribution in [3.05, 3.63) is 47.8 Å². The predicted octanol–water partition coefficient (Wildman–Crippen LogP) is 1.68. The van der Waals surface area contributed by atoms with Crippen molar-refractivity contribution in [1.82, 2.24) is 0 Å². The maximum atomic E-state index is 9.96. The second-order valence-electron chi connectivity index (χ2n) is 2.71. The summed E-state index contributed by atoms with van der Waals surface area (Å²) in [5.74, 6) is 1.04. The average molecular weight is 222 g/mol. The van der Waals surface area contributed by atoms with Crippen molar-refractivity contribution >= 4 is 12.6 Å². The van der Waals surface area contributed by atoms with Gasteiger partial charge < -0.3 is 13.9 Å². The first-order valence-electron chi connectivity index (χ1n) is 4.43. The molecule has 0 amide bonds. The fourth-order valence-electron chi connectivity index (χ4n) is 0.901. The van der Waals surface area contributed by atoms with Crippen molar-refractivity contribution in [2.45, 2.75) is 6.61 Å². The van der Waals surface area contributed by atoms with Crippen molar-refractivity contribution in [3.8, 4) is 0 Å². The highest BCUT2D eigenvalue weighted by atomic mass is 16.4. The lowest BCUT2D eigenvalue weighted by Crippen LogP contribution is -1.74. The standard InChI is InChI=1S/C6H6O3.C5H4O2/c7-3-5-1-2-6(4-8)9-5;6-4-5-2-1-3-7-5/h1-3,8H,4H2;1-4H. The van der Waals surface area contributed by atoms with Gasteiger partial charge in [0.15, 0.2) is 24.1 Å². The van der Waals surface area contributed by atoms with Gasteiger partial charge in [0.2, 0.25) is 0 Å². The van der Waals surface area contributed by atoms with Crippen molar-refractivity contribution in [2.24, 2.45) is 0 Å². The molecule has 16 heavy (non-hydrogen) atoms. The predicted molar refractivity (Wildman–Crippen MR) is 54.1 cm³/mol. The molecule has 0 unspecified atom stereocenters. The molecule has 0 spiro atoms. The zero-order valence-corrected chi connectivity index (χ0v) is 8.33. The summed E-state index contributed by atoms with van der Waals surface area (Å²) >= 11 is 0. The number of furan rings is 2. The minimum atomic E-state index is -0.159. The number of carbonyl (C=O) groups excluding carboxylic acids is 2. The van der Waals surface area contributed by atoms with Gasteiger partial charge in [0, 0.05) is 0 Å². The monoisotopic (exact) mass is 222 g/mol. The van der Waals surface area contributed by atoms with Crippen LogP contribution in [0, 0.1) is 0 Å². The fraction of sp³-hybridized carbons (Fsp3) is 0.0909. The molecule has 2 rings (SSSR count). The molecule has 2 heterocycles. The van der Waals surface area contributed by atoms with E-state index in [9.17, 15) is 9.59 Å². The summed E-state index contributed by atoms with van der Waals surface area (Å²) in [6.07, 6.45) is 2.73. The van der Waals surface area contributed by atoms with E-state index in [4.69, 9.17) is 9.52 Å². The van der Waals surface area contributed by atoms with Crippen molar-refractivity contribution in [2.75, 3.05) is 0 Å². The van der Waals surface area contributed by atoms with Gasteiger partial charge in [-0.15, -0.1) is 0 Å². The Morgan fingerprint density at radius 3 is 2.19 bits per heavy atom. The van der Waals surface area contributed by atoms with Crippen LogP contribution in [0.5, 0.6) is 0 Å². The molecule has 0 saturated heterocycles. The quantitative estimate of drug-likeness (QED) is 0.799. The van der Waals surface area contributed by atoms with E-state index in [1.807, 2.05) is 0 Å². The second-order valence-corrected chi connectivity index (χ2v) is 2.71. The van der Waals surface area contributed by atoms with E-state index in [1.165, 1.54) is 12.3 Å². The zero-order valence-electron chi connectivity index (χ0n) is 8.33. The van der Waals surface area contributed by atoms with Gasteiger partial charge in [-0.1, -0.05) is 0 Å². The van der Waals surface area contributed by atoms with E-state index in [-0.39, 0.29) is 12.4 Å². The Bertz CT molecular complexity index is 427. The minimum Gasteiger partial charge on any atom is -0.462 e. The Kier molecular flexibility index (Phi) is 4.75. The van der Waals surface area contributed by atoms with Crippen LogP contribution < -0.4 is 0 Å². The number of aliphatic hydroxyl groups excluding tert-OH is 1. The lowest BCUT2D eigenvalue weighted by atomic mass is 10.4. The van der Waals surface area contributed by atoms with Crippen LogP contribution >= 0.6 is 0 Å². The molecule has 0 saturated carbocycles. The lowest BCUT2D eigenvalue weighted by Gasteiger charge is -1.82.